The zero-order valence-corrected chi connectivity index (χ0v) is 12.8. The Labute approximate surface area is 131 Å². The van der Waals surface area contributed by atoms with E-state index in [-0.39, 0.29) is 17.2 Å². The number of aromatic nitrogens is 2. The van der Waals surface area contributed by atoms with Crippen LogP contribution in [0.25, 0.3) is 0 Å². The van der Waals surface area contributed by atoms with Crippen LogP contribution in [0, 0.1) is 0 Å². The maximum atomic E-state index is 11.9. The highest BCUT2D eigenvalue weighted by Crippen LogP contribution is 2.41. The van der Waals surface area contributed by atoms with Crippen LogP contribution in [0.2, 0.25) is 10.0 Å². The van der Waals surface area contributed by atoms with Crippen LogP contribution < -0.4 is 16.0 Å². The molecule has 1 heterocycles. The molecule has 2 aromatic rings. The molecule has 0 saturated heterocycles. The van der Waals surface area contributed by atoms with E-state index in [0.717, 1.165) is 24.0 Å². The zero-order chi connectivity index (χ0) is 15.1. The SMILES string of the molecule is C[C@@H]1CCc2c(Oc3c(Cl)cc(N)cc3Cl)n[nH]c(=O)c21. The number of hydrogen-bond donors (Lipinski definition) is 2. The van der Waals surface area contributed by atoms with E-state index in [0.29, 0.717) is 21.6 Å². The van der Waals surface area contributed by atoms with Crippen molar-refractivity contribution in [3.05, 3.63) is 43.7 Å². The minimum Gasteiger partial charge on any atom is -0.434 e. The molecule has 0 spiro atoms. The first kappa shape index (κ1) is 14.2. The summed E-state index contributed by atoms with van der Waals surface area (Å²) in [4.78, 5) is 11.9. The van der Waals surface area contributed by atoms with Crippen molar-refractivity contribution in [3.63, 3.8) is 0 Å². The van der Waals surface area contributed by atoms with Crippen molar-refractivity contribution in [1.82, 2.24) is 10.2 Å². The molecule has 110 valence electrons. The molecule has 1 aliphatic carbocycles. The number of rotatable bonds is 2. The lowest BCUT2D eigenvalue weighted by Crippen LogP contribution is -2.16. The summed E-state index contributed by atoms with van der Waals surface area (Å²) in [6, 6.07) is 3.11. The molecule has 3 N–H and O–H groups in total. The van der Waals surface area contributed by atoms with E-state index in [9.17, 15) is 4.79 Å². The molecule has 5 nitrogen and oxygen atoms in total. The summed E-state index contributed by atoms with van der Waals surface area (Å²) >= 11 is 12.2. The molecule has 1 aromatic heterocycles. The highest BCUT2D eigenvalue weighted by Gasteiger charge is 2.27. The molecule has 3 rings (SSSR count). The molecule has 1 atom stereocenters. The van der Waals surface area contributed by atoms with Gasteiger partial charge in [0.25, 0.3) is 5.56 Å². The molecular weight excluding hydrogens is 313 g/mol. The monoisotopic (exact) mass is 325 g/mol. The Bertz CT molecular complexity index is 750. The van der Waals surface area contributed by atoms with Crippen molar-refractivity contribution in [3.8, 4) is 11.6 Å². The normalized spacial score (nSPS) is 16.8. The Kier molecular flexibility index (Phi) is 3.55. The maximum absolute atomic E-state index is 11.9. The second-order valence-corrected chi connectivity index (χ2v) is 5.92. The van der Waals surface area contributed by atoms with Crippen molar-refractivity contribution < 1.29 is 4.74 Å². The topological polar surface area (TPSA) is 81.0 Å². The number of nitrogens with one attached hydrogen (secondary N) is 1. The summed E-state index contributed by atoms with van der Waals surface area (Å²) in [5.41, 5.74) is 7.48. The minimum atomic E-state index is -0.170. The van der Waals surface area contributed by atoms with Gasteiger partial charge in [-0.15, -0.1) is 5.10 Å². The number of hydrogen-bond acceptors (Lipinski definition) is 4. The molecule has 0 aliphatic heterocycles. The smallest absolute Gasteiger partial charge is 0.268 e. The average molecular weight is 326 g/mol. The number of aromatic amines is 1. The summed E-state index contributed by atoms with van der Waals surface area (Å²) in [6.45, 7) is 2.01. The number of benzene rings is 1. The number of halogens is 2. The quantitative estimate of drug-likeness (QED) is 0.828. The van der Waals surface area contributed by atoms with Gasteiger partial charge in [-0.2, -0.15) is 0 Å². The van der Waals surface area contributed by atoms with Gasteiger partial charge in [0.05, 0.1) is 10.0 Å². The van der Waals surface area contributed by atoms with Gasteiger partial charge in [-0.3, -0.25) is 4.79 Å². The van der Waals surface area contributed by atoms with E-state index in [1.54, 1.807) is 12.1 Å². The van der Waals surface area contributed by atoms with E-state index < -0.39 is 0 Å². The summed E-state index contributed by atoms with van der Waals surface area (Å²) in [5.74, 6) is 0.808. The Balaban J connectivity index is 2.07. The Morgan fingerprint density at radius 2 is 2.05 bits per heavy atom. The van der Waals surface area contributed by atoms with E-state index >= 15 is 0 Å². The molecule has 0 unspecified atom stereocenters. The lowest BCUT2D eigenvalue weighted by atomic mass is 10.1. The Hall–Kier alpha value is -1.72. The predicted molar refractivity (Wildman–Crippen MR) is 82.5 cm³/mol. The van der Waals surface area contributed by atoms with Crippen LogP contribution >= 0.6 is 23.2 Å². The highest BCUT2D eigenvalue weighted by atomic mass is 35.5. The van der Waals surface area contributed by atoms with Crippen molar-refractivity contribution in [2.45, 2.75) is 25.7 Å². The van der Waals surface area contributed by atoms with E-state index in [1.807, 2.05) is 6.92 Å². The predicted octanol–water partition coefficient (Wildman–Crippen LogP) is 3.50. The van der Waals surface area contributed by atoms with Crippen LogP contribution in [0.1, 0.15) is 30.4 Å². The molecule has 1 aromatic carbocycles. The van der Waals surface area contributed by atoms with Crippen LogP contribution in [0.15, 0.2) is 16.9 Å². The second kappa shape index (κ2) is 5.24. The number of nitrogen functional groups attached to an aromatic ring is 1. The Morgan fingerprint density at radius 1 is 1.38 bits per heavy atom. The third-order valence-corrected chi connectivity index (χ3v) is 4.19. The van der Waals surface area contributed by atoms with E-state index in [2.05, 4.69) is 10.2 Å². The van der Waals surface area contributed by atoms with Crippen LogP contribution in [-0.4, -0.2) is 10.2 Å². The third-order valence-electron chi connectivity index (χ3n) is 3.63. The van der Waals surface area contributed by atoms with Gasteiger partial charge in [-0.1, -0.05) is 30.1 Å². The Morgan fingerprint density at radius 3 is 2.71 bits per heavy atom. The first-order valence-electron chi connectivity index (χ1n) is 6.51. The van der Waals surface area contributed by atoms with Crippen LogP contribution in [0.4, 0.5) is 5.69 Å². The van der Waals surface area contributed by atoms with Crippen molar-refractivity contribution >= 4 is 28.9 Å². The first-order chi connectivity index (χ1) is 9.97. The van der Waals surface area contributed by atoms with E-state index in [4.69, 9.17) is 33.7 Å². The van der Waals surface area contributed by atoms with Gasteiger partial charge < -0.3 is 10.5 Å². The third kappa shape index (κ3) is 2.47. The number of fused-ring (bicyclic) bond motifs is 1. The van der Waals surface area contributed by atoms with Gasteiger partial charge in [0.2, 0.25) is 5.88 Å². The zero-order valence-electron chi connectivity index (χ0n) is 11.2. The standard InChI is InChI=1S/C14H13Cl2N3O2/c1-6-2-3-8-11(6)13(20)18-19-14(8)21-12-9(15)4-7(17)5-10(12)16/h4-6H,2-3,17H2,1H3,(H,18,20)/t6-/m1/s1. The molecule has 0 saturated carbocycles. The minimum absolute atomic E-state index is 0.170. The largest absolute Gasteiger partial charge is 0.434 e. The fraction of sp³-hybridized carbons (Fsp3) is 0.286. The first-order valence-corrected chi connectivity index (χ1v) is 7.26. The van der Waals surface area contributed by atoms with Gasteiger partial charge in [0.15, 0.2) is 5.75 Å². The van der Waals surface area contributed by atoms with Gasteiger partial charge in [0, 0.05) is 16.8 Å². The summed E-state index contributed by atoms with van der Waals surface area (Å²) in [5, 5.41) is 7.03. The number of nitrogens with zero attached hydrogens (tertiary/aromatic N) is 1. The number of anilines is 1. The number of H-pyrrole nitrogens is 1. The summed E-state index contributed by atoms with van der Waals surface area (Å²) < 4.78 is 5.74. The fourth-order valence-corrected chi connectivity index (χ4v) is 3.19. The van der Waals surface area contributed by atoms with E-state index in [1.165, 1.54) is 0 Å². The second-order valence-electron chi connectivity index (χ2n) is 5.11. The molecule has 21 heavy (non-hydrogen) atoms. The lowest BCUT2D eigenvalue weighted by Gasteiger charge is -2.12. The molecule has 0 bridgehead atoms. The van der Waals surface area contributed by atoms with Crippen molar-refractivity contribution in [2.75, 3.05) is 5.73 Å². The molecule has 0 radical (unpaired) electrons. The summed E-state index contributed by atoms with van der Waals surface area (Å²) in [7, 11) is 0. The maximum Gasteiger partial charge on any atom is 0.268 e. The fourth-order valence-electron chi connectivity index (χ4n) is 2.61. The number of nitrogens with two attached hydrogens (primary N) is 1. The van der Waals surface area contributed by atoms with Crippen LogP contribution in [0.3, 0.4) is 0 Å². The van der Waals surface area contributed by atoms with Gasteiger partial charge in [-0.25, -0.2) is 5.10 Å². The molecule has 1 aliphatic rings. The molecular formula is C14H13Cl2N3O2. The average Bonchev–Trinajstić information content (AvgIpc) is 2.79. The highest BCUT2D eigenvalue weighted by molar-refractivity contribution is 6.37. The molecule has 0 amide bonds. The lowest BCUT2D eigenvalue weighted by molar-refractivity contribution is 0.448. The van der Waals surface area contributed by atoms with Gasteiger partial charge >= 0.3 is 0 Å². The molecule has 7 heteroatoms. The number of ether oxygens (including phenoxy) is 1. The summed E-state index contributed by atoms with van der Waals surface area (Å²) in [6.07, 6.45) is 1.64. The van der Waals surface area contributed by atoms with Crippen LogP contribution in [-0.2, 0) is 6.42 Å². The van der Waals surface area contributed by atoms with Crippen LogP contribution in [0.5, 0.6) is 11.6 Å². The molecule has 0 fully saturated rings. The van der Waals surface area contributed by atoms with Crippen molar-refractivity contribution in [2.24, 2.45) is 0 Å². The van der Waals surface area contributed by atoms with Gasteiger partial charge in [-0.05, 0) is 30.9 Å². The van der Waals surface area contributed by atoms with Gasteiger partial charge in [0.1, 0.15) is 0 Å². The van der Waals surface area contributed by atoms with Crippen molar-refractivity contribution in [1.29, 1.82) is 0 Å².